The van der Waals surface area contributed by atoms with E-state index in [4.69, 9.17) is 9.47 Å². The van der Waals surface area contributed by atoms with E-state index >= 15 is 4.39 Å². The topological polar surface area (TPSA) is 105 Å². The standard InChI is InChI=1S/C36H38FN3O6S/c1-2-3-20-38-36(42)32(23-27-12-6-4-7-13-27)39(25-28-14-10-11-17-31(28)37)35(41)26-40(47(43,44)30-15-8-5-9-16-30)29-18-19-33-34(24-29)46-22-21-45-33/h4-19,24,32H,2-3,20-23,25-26H2,1H3,(H,38,42). The van der Waals surface area contributed by atoms with Crippen LogP contribution in [0.25, 0.3) is 0 Å². The van der Waals surface area contributed by atoms with E-state index in [1.807, 2.05) is 37.3 Å². The molecule has 2 amide bonds. The Labute approximate surface area is 275 Å². The molecule has 1 N–H and O–H groups in total. The quantitative estimate of drug-likeness (QED) is 0.183. The molecule has 1 aliphatic heterocycles. The largest absolute Gasteiger partial charge is 0.486 e. The van der Waals surface area contributed by atoms with Gasteiger partial charge in [-0.05, 0) is 42.3 Å². The van der Waals surface area contributed by atoms with E-state index < -0.39 is 40.2 Å². The van der Waals surface area contributed by atoms with Gasteiger partial charge in [0.15, 0.2) is 11.5 Å². The number of fused-ring (bicyclic) bond motifs is 1. The highest BCUT2D eigenvalue weighted by atomic mass is 32.2. The van der Waals surface area contributed by atoms with Gasteiger partial charge < -0.3 is 19.7 Å². The van der Waals surface area contributed by atoms with Crippen molar-refractivity contribution in [2.75, 3.05) is 30.6 Å². The van der Waals surface area contributed by atoms with Crippen LogP contribution >= 0.6 is 0 Å². The van der Waals surface area contributed by atoms with Crippen LogP contribution in [-0.2, 0) is 32.6 Å². The van der Waals surface area contributed by atoms with Crippen LogP contribution in [-0.4, -0.2) is 57.5 Å². The summed E-state index contributed by atoms with van der Waals surface area (Å²) >= 11 is 0. The maximum absolute atomic E-state index is 15.1. The maximum Gasteiger partial charge on any atom is 0.264 e. The molecule has 0 spiro atoms. The van der Waals surface area contributed by atoms with Crippen molar-refractivity contribution in [2.45, 2.75) is 43.7 Å². The first-order valence-corrected chi connectivity index (χ1v) is 17.0. The van der Waals surface area contributed by atoms with Crippen LogP contribution in [0.1, 0.15) is 30.9 Å². The van der Waals surface area contributed by atoms with E-state index in [1.165, 1.54) is 29.2 Å². The van der Waals surface area contributed by atoms with Crippen molar-refractivity contribution in [2.24, 2.45) is 0 Å². The van der Waals surface area contributed by atoms with Gasteiger partial charge in [0, 0.05) is 31.1 Å². The zero-order chi connectivity index (χ0) is 33.2. The van der Waals surface area contributed by atoms with Crippen molar-refractivity contribution in [3.05, 3.63) is 120 Å². The smallest absolute Gasteiger partial charge is 0.264 e. The number of sulfonamides is 1. The number of carbonyl (C=O) groups is 2. The first kappa shape index (κ1) is 33.5. The zero-order valence-electron chi connectivity index (χ0n) is 26.2. The van der Waals surface area contributed by atoms with E-state index in [0.29, 0.717) is 24.7 Å². The Hall–Kier alpha value is -4.90. The van der Waals surface area contributed by atoms with Crippen molar-refractivity contribution in [3.8, 4) is 11.5 Å². The van der Waals surface area contributed by atoms with Gasteiger partial charge in [0.2, 0.25) is 11.8 Å². The summed E-state index contributed by atoms with van der Waals surface area (Å²) in [4.78, 5) is 29.6. The molecule has 4 aromatic rings. The Balaban J connectivity index is 1.58. The minimum Gasteiger partial charge on any atom is -0.486 e. The van der Waals surface area contributed by atoms with Crippen LogP contribution in [0.3, 0.4) is 0 Å². The Bertz CT molecular complexity index is 1770. The Morgan fingerprint density at radius 2 is 1.53 bits per heavy atom. The molecule has 4 aromatic carbocycles. The highest BCUT2D eigenvalue weighted by Gasteiger charge is 2.35. The summed E-state index contributed by atoms with van der Waals surface area (Å²) in [6.45, 7) is 2.11. The van der Waals surface area contributed by atoms with Gasteiger partial charge in [0.25, 0.3) is 10.0 Å². The monoisotopic (exact) mass is 659 g/mol. The average molecular weight is 660 g/mol. The van der Waals surface area contributed by atoms with Crippen LogP contribution in [0.2, 0.25) is 0 Å². The Kier molecular flexibility index (Phi) is 11.1. The summed E-state index contributed by atoms with van der Waals surface area (Å²) < 4.78 is 55.8. The second kappa shape index (κ2) is 15.6. The molecule has 246 valence electrons. The molecule has 1 aliphatic rings. The van der Waals surface area contributed by atoms with E-state index in [-0.39, 0.29) is 35.7 Å². The molecule has 0 aromatic heterocycles. The highest BCUT2D eigenvalue weighted by Crippen LogP contribution is 2.36. The third-order valence-electron chi connectivity index (χ3n) is 7.82. The minimum atomic E-state index is -4.30. The Morgan fingerprint density at radius 3 is 2.23 bits per heavy atom. The highest BCUT2D eigenvalue weighted by molar-refractivity contribution is 7.92. The summed E-state index contributed by atoms with van der Waals surface area (Å²) in [7, 11) is -4.30. The molecule has 0 saturated carbocycles. The van der Waals surface area contributed by atoms with Gasteiger partial charge in [-0.2, -0.15) is 0 Å². The number of hydrogen-bond donors (Lipinski definition) is 1. The van der Waals surface area contributed by atoms with Crippen molar-refractivity contribution in [3.63, 3.8) is 0 Å². The van der Waals surface area contributed by atoms with E-state index in [0.717, 1.165) is 22.7 Å². The number of benzene rings is 4. The lowest BCUT2D eigenvalue weighted by Crippen LogP contribution is -2.53. The number of rotatable bonds is 14. The van der Waals surface area contributed by atoms with Crippen molar-refractivity contribution >= 4 is 27.5 Å². The second-order valence-electron chi connectivity index (χ2n) is 11.1. The second-order valence-corrected chi connectivity index (χ2v) is 13.0. The molecule has 47 heavy (non-hydrogen) atoms. The number of nitrogens with zero attached hydrogens (tertiary/aromatic N) is 2. The molecule has 9 nitrogen and oxygen atoms in total. The molecule has 0 radical (unpaired) electrons. The minimum absolute atomic E-state index is 0.0264. The fourth-order valence-corrected chi connectivity index (χ4v) is 6.73. The van der Waals surface area contributed by atoms with Gasteiger partial charge in [-0.15, -0.1) is 0 Å². The number of nitrogens with one attached hydrogen (secondary N) is 1. The van der Waals surface area contributed by atoms with E-state index in [1.54, 1.807) is 48.5 Å². The van der Waals surface area contributed by atoms with Crippen molar-refractivity contribution < 1.29 is 31.9 Å². The van der Waals surface area contributed by atoms with Gasteiger partial charge in [-0.1, -0.05) is 80.1 Å². The van der Waals surface area contributed by atoms with Crippen molar-refractivity contribution in [1.82, 2.24) is 10.2 Å². The van der Waals surface area contributed by atoms with Crippen LogP contribution in [0.5, 0.6) is 11.5 Å². The molecule has 11 heteroatoms. The molecular formula is C36H38FN3O6S. The normalized spacial score (nSPS) is 13.0. The first-order valence-electron chi connectivity index (χ1n) is 15.6. The number of ether oxygens (including phenoxy) is 2. The third-order valence-corrected chi connectivity index (χ3v) is 9.61. The Morgan fingerprint density at radius 1 is 0.872 bits per heavy atom. The van der Waals surface area contributed by atoms with E-state index in [2.05, 4.69) is 5.32 Å². The lowest BCUT2D eigenvalue weighted by atomic mass is 10.0. The van der Waals surface area contributed by atoms with Gasteiger partial charge in [-0.3, -0.25) is 13.9 Å². The van der Waals surface area contributed by atoms with E-state index in [9.17, 15) is 18.0 Å². The number of amides is 2. The number of hydrogen-bond acceptors (Lipinski definition) is 6. The number of halogens is 1. The van der Waals surface area contributed by atoms with Gasteiger partial charge in [-0.25, -0.2) is 12.8 Å². The van der Waals surface area contributed by atoms with Crippen molar-refractivity contribution in [1.29, 1.82) is 0 Å². The predicted molar refractivity (Wildman–Crippen MR) is 177 cm³/mol. The van der Waals surface area contributed by atoms with Crippen LogP contribution in [0, 0.1) is 5.82 Å². The fourth-order valence-electron chi connectivity index (χ4n) is 5.31. The summed E-state index contributed by atoms with van der Waals surface area (Å²) in [5.74, 6) is -0.847. The molecule has 1 heterocycles. The number of anilines is 1. The van der Waals surface area contributed by atoms with Gasteiger partial charge in [0.1, 0.15) is 31.6 Å². The molecule has 5 rings (SSSR count). The van der Waals surface area contributed by atoms with Gasteiger partial charge >= 0.3 is 0 Å². The molecule has 0 saturated heterocycles. The summed E-state index contributed by atoms with van der Waals surface area (Å²) in [5.41, 5.74) is 1.15. The zero-order valence-corrected chi connectivity index (χ0v) is 27.0. The number of carbonyl (C=O) groups excluding carboxylic acids is 2. The van der Waals surface area contributed by atoms with Crippen LogP contribution < -0.4 is 19.1 Å². The average Bonchev–Trinajstić information content (AvgIpc) is 3.10. The van der Waals surface area contributed by atoms with Crippen LogP contribution in [0.4, 0.5) is 10.1 Å². The molecule has 0 fully saturated rings. The molecular weight excluding hydrogens is 621 g/mol. The predicted octanol–water partition coefficient (Wildman–Crippen LogP) is 5.35. The summed E-state index contributed by atoms with van der Waals surface area (Å²) in [5, 5.41) is 2.93. The number of unbranched alkanes of at least 4 members (excludes halogenated alkanes) is 1. The van der Waals surface area contributed by atoms with Gasteiger partial charge in [0.05, 0.1) is 10.6 Å². The lowest BCUT2D eigenvalue weighted by Gasteiger charge is -2.34. The SMILES string of the molecule is CCCCNC(=O)C(Cc1ccccc1)N(Cc1ccccc1F)C(=O)CN(c1ccc2c(c1)OCCO2)S(=O)(=O)c1ccccc1. The summed E-state index contributed by atoms with van der Waals surface area (Å²) in [6, 6.07) is 26.6. The van der Waals surface area contributed by atoms with Crippen LogP contribution in [0.15, 0.2) is 108 Å². The lowest BCUT2D eigenvalue weighted by molar-refractivity contribution is -0.140. The third kappa shape index (κ3) is 8.28. The molecule has 0 bridgehead atoms. The first-order chi connectivity index (χ1) is 22.8. The molecule has 1 unspecified atom stereocenters. The molecule has 1 atom stereocenters. The fraction of sp³-hybridized carbons (Fsp3) is 0.278. The summed E-state index contributed by atoms with van der Waals surface area (Å²) in [6.07, 6.45) is 1.72. The maximum atomic E-state index is 15.1. The molecule has 0 aliphatic carbocycles.